The first-order valence-corrected chi connectivity index (χ1v) is 5.10. The van der Waals surface area contributed by atoms with E-state index in [0.717, 1.165) is 13.0 Å². The largest absolute Gasteiger partial charge is 0.382 e. The number of nitrogens with zero attached hydrogens (tertiary/aromatic N) is 1. The van der Waals surface area contributed by atoms with Crippen LogP contribution in [0.25, 0.3) is 0 Å². The van der Waals surface area contributed by atoms with Crippen molar-refractivity contribution in [3.63, 3.8) is 0 Å². The molecular formula is C11H16N2O2. The smallest absolute Gasteiger partial charge is 0.251 e. The highest BCUT2D eigenvalue weighted by atomic mass is 16.5. The minimum atomic E-state index is -0.0612. The second-order valence-corrected chi connectivity index (χ2v) is 3.04. The average molecular weight is 208 g/mol. The Balaban J connectivity index is 2.20. The fraction of sp³-hybridized carbons (Fsp3) is 0.455. The number of hydrogen-bond donors (Lipinski definition) is 1. The zero-order valence-corrected chi connectivity index (χ0v) is 8.90. The minimum absolute atomic E-state index is 0.0612. The van der Waals surface area contributed by atoms with E-state index < -0.39 is 0 Å². The van der Waals surface area contributed by atoms with Crippen molar-refractivity contribution in [2.24, 2.45) is 0 Å². The van der Waals surface area contributed by atoms with Gasteiger partial charge < -0.3 is 10.1 Å². The molecule has 82 valence electrons. The molecule has 1 aromatic rings. The van der Waals surface area contributed by atoms with E-state index >= 15 is 0 Å². The summed E-state index contributed by atoms with van der Waals surface area (Å²) in [4.78, 5) is 15.3. The first-order chi connectivity index (χ1) is 7.34. The second kappa shape index (κ2) is 6.95. The Labute approximate surface area is 89.7 Å². The van der Waals surface area contributed by atoms with Crippen molar-refractivity contribution in [1.82, 2.24) is 10.3 Å². The average Bonchev–Trinajstić information content (AvgIpc) is 2.30. The molecule has 1 rings (SSSR count). The molecule has 0 aliphatic heterocycles. The Morgan fingerprint density at radius 2 is 2.20 bits per heavy atom. The third-order valence-electron chi connectivity index (χ3n) is 1.90. The number of ether oxygens (including phenoxy) is 1. The van der Waals surface area contributed by atoms with E-state index in [1.54, 1.807) is 24.5 Å². The number of aromatic nitrogens is 1. The first kappa shape index (κ1) is 11.7. The van der Waals surface area contributed by atoms with Gasteiger partial charge in [-0.3, -0.25) is 9.78 Å². The third kappa shape index (κ3) is 4.56. The van der Waals surface area contributed by atoms with Gasteiger partial charge in [0.1, 0.15) is 0 Å². The molecule has 0 saturated heterocycles. The van der Waals surface area contributed by atoms with Crippen LogP contribution in [0.5, 0.6) is 0 Å². The van der Waals surface area contributed by atoms with Crippen molar-refractivity contribution in [2.45, 2.75) is 13.3 Å². The van der Waals surface area contributed by atoms with Gasteiger partial charge in [0.25, 0.3) is 5.91 Å². The zero-order chi connectivity index (χ0) is 10.9. The van der Waals surface area contributed by atoms with E-state index in [1.165, 1.54) is 0 Å². The summed E-state index contributed by atoms with van der Waals surface area (Å²) in [6.07, 6.45) is 4.05. The maximum atomic E-state index is 11.5. The molecule has 0 aromatic carbocycles. The van der Waals surface area contributed by atoms with Gasteiger partial charge in [0, 0.05) is 37.7 Å². The lowest BCUT2D eigenvalue weighted by atomic mass is 10.2. The standard InChI is InChI=1S/C11H16N2O2/c1-2-15-9-3-6-13-11(14)10-4-7-12-8-5-10/h4-5,7-8H,2-3,6,9H2,1H3,(H,13,14). The SMILES string of the molecule is CCOCCCNC(=O)c1ccncc1. The quantitative estimate of drug-likeness (QED) is 0.715. The van der Waals surface area contributed by atoms with E-state index in [4.69, 9.17) is 4.74 Å². The molecule has 4 nitrogen and oxygen atoms in total. The van der Waals surface area contributed by atoms with Crippen molar-refractivity contribution >= 4 is 5.91 Å². The van der Waals surface area contributed by atoms with Crippen LogP contribution >= 0.6 is 0 Å². The summed E-state index contributed by atoms with van der Waals surface area (Å²) in [7, 11) is 0. The Morgan fingerprint density at radius 3 is 2.87 bits per heavy atom. The molecular weight excluding hydrogens is 192 g/mol. The maximum Gasteiger partial charge on any atom is 0.251 e. The topological polar surface area (TPSA) is 51.2 Å². The molecule has 0 aliphatic carbocycles. The van der Waals surface area contributed by atoms with Crippen molar-refractivity contribution in [2.75, 3.05) is 19.8 Å². The summed E-state index contributed by atoms with van der Waals surface area (Å²) in [5.41, 5.74) is 0.640. The summed E-state index contributed by atoms with van der Waals surface area (Å²) in [6.45, 7) is 4.00. The van der Waals surface area contributed by atoms with Crippen molar-refractivity contribution < 1.29 is 9.53 Å². The van der Waals surface area contributed by atoms with Crippen molar-refractivity contribution in [3.05, 3.63) is 30.1 Å². The van der Waals surface area contributed by atoms with Gasteiger partial charge in [-0.15, -0.1) is 0 Å². The summed E-state index contributed by atoms with van der Waals surface area (Å²) < 4.78 is 5.16. The van der Waals surface area contributed by atoms with Gasteiger partial charge in [0.05, 0.1) is 0 Å². The molecule has 1 N–H and O–H groups in total. The predicted molar refractivity (Wildman–Crippen MR) is 57.7 cm³/mol. The highest BCUT2D eigenvalue weighted by molar-refractivity contribution is 5.93. The molecule has 0 unspecified atom stereocenters. The van der Waals surface area contributed by atoms with Crippen LogP contribution < -0.4 is 5.32 Å². The van der Waals surface area contributed by atoms with Gasteiger partial charge in [-0.2, -0.15) is 0 Å². The fourth-order valence-corrected chi connectivity index (χ4v) is 1.13. The lowest BCUT2D eigenvalue weighted by molar-refractivity contribution is 0.0944. The van der Waals surface area contributed by atoms with E-state index in [1.807, 2.05) is 6.92 Å². The fourth-order valence-electron chi connectivity index (χ4n) is 1.13. The maximum absolute atomic E-state index is 11.5. The van der Waals surface area contributed by atoms with Gasteiger partial charge in [0.15, 0.2) is 0 Å². The number of rotatable bonds is 6. The molecule has 0 bridgehead atoms. The third-order valence-corrected chi connectivity index (χ3v) is 1.90. The van der Waals surface area contributed by atoms with Crippen LogP contribution in [0.15, 0.2) is 24.5 Å². The summed E-state index contributed by atoms with van der Waals surface area (Å²) in [5, 5.41) is 2.81. The number of carbonyl (C=O) groups is 1. The van der Waals surface area contributed by atoms with Crippen molar-refractivity contribution in [1.29, 1.82) is 0 Å². The van der Waals surface area contributed by atoms with Gasteiger partial charge in [-0.1, -0.05) is 0 Å². The molecule has 0 spiro atoms. The highest BCUT2D eigenvalue weighted by Crippen LogP contribution is 1.95. The van der Waals surface area contributed by atoms with Crippen LogP contribution in [0, 0.1) is 0 Å². The highest BCUT2D eigenvalue weighted by Gasteiger charge is 2.02. The van der Waals surface area contributed by atoms with Crippen LogP contribution in [-0.4, -0.2) is 30.6 Å². The lowest BCUT2D eigenvalue weighted by Gasteiger charge is -2.04. The molecule has 0 aliphatic rings. The molecule has 15 heavy (non-hydrogen) atoms. The van der Waals surface area contributed by atoms with E-state index in [0.29, 0.717) is 18.7 Å². The first-order valence-electron chi connectivity index (χ1n) is 5.10. The Morgan fingerprint density at radius 1 is 1.47 bits per heavy atom. The second-order valence-electron chi connectivity index (χ2n) is 3.04. The molecule has 0 atom stereocenters. The molecule has 1 aromatic heterocycles. The Hall–Kier alpha value is -1.42. The Kier molecular flexibility index (Phi) is 5.40. The number of pyridine rings is 1. The molecule has 1 amide bonds. The van der Waals surface area contributed by atoms with E-state index in [9.17, 15) is 4.79 Å². The normalized spacial score (nSPS) is 9.93. The Bertz CT molecular complexity index is 288. The lowest BCUT2D eigenvalue weighted by Crippen LogP contribution is -2.25. The molecule has 0 radical (unpaired) electrons. The minimum Gasteiger partial charge on any atom is -0.382 e. The zero-order valence-electron chi connectivity index (χ0n) is 8.90. The van der Waals surface area contributed by atoms with E-state index in [2.05, 4.69) is 10.3 Å². The van der Waals surface area contributed by atoms with Gasteiger partial charge in [0.2, 0.25) is 0 Å². The number of hydrogen-bond acceptors (Lipinski definition) is 3. The predicted octanol–water partition coefficient (Wildman–Crippen LogP) is 1.24. The molecule has 1 heterocycles. The summed E-state index contributed by atoms with van der Waals surface area (Å²) in [6, 6.07) is 3.38. The number of amides is 1. The summed E-state index contributed by atoms with van der Waals surface area (Å²) in [5.74, 6) is -0.0612. The van der Waals surface area contributed by atoms with Crippen molar-refractivity contribution in [3.8, 4) is 0 Å². The van der Waals surface area contributed by atoms with Crippen LogP contribution in [0.2, 0.25) is 0 Å². The summed E-state index contributed by atoms with van der Waals surface area (Å²) >= 11 is 0. The monoisotopic (exact) mass is 208 g/mol. The van der Waals surface area contributed by atoms with Crippen LogP contribution in [0.4, 0.5) is 0 Å². The number of carbonyl (C=O) groups excluding carboxylic acids is 1. The van der Waals surface area contributed by atoms with Crippen LogP contribution in [-0.2, 0) is 4.74 Å². The van der Waals surface area contributed by atoms with Gasteiger partial charge in [-0.25, -0.2) is 0 Å². The van der Waals surface area contributed by atoms with E-state index in [-0.39, 0.29) is 5.91 Å². The van der Waals surface area contributed by atoms with Gasteiger partial charge in [-0.05, 0) is 25.5 Å². The molecule has 0 fully saturated rings. The van der Waals surface area contributed by atoms with Gasteiger partial charge >= 0.3 is 0 Å². The molecule has 4 heteroatoms. The van der Waals surface area contributed by atoms with Crippen LogP contribution in [0.3, 0.4) is 0 Å². The number of nitrogens with one attached hydrogen (secondary N) is 1. The van der Waals surface area contributed by atoms with Crippen LogP contribution in [0.1, 0.15) is 23.7 Å². The molecule has 0 saturated carbocycles.